The van der Waals surface area contributed by atoms with Gasteiger partial charge in [-0.15, -0.1) is 7.92 Å². The van der Waals surface area contributed by atoms with Crippen LogP contribution in [0.25, 0.3) is 0 Å². The molecule has 0 bridgehead atoms. The Morgan fingerprint density at radius 3 is 0.841 bits per heavy atom. The lowest BCUT2D eigenvalue weighted by molar-refractivity contribution is 0.531. The van der Waals surface area contributed by atoms with Crippen molar-refractivity contribution in [3.63, 3.8) is 0 Å². The second kappa shape index (κ2) is 35.5. The summed E-state index contributed by atoms with van der Waals surface area (Å²) >= 11 is 0. The maximum atomic E-state index is 2.37. The monoisotopic (exact) mass is 629 g/mol. The number of hydrogen-bond donors (Lipinski definition) is 0. The third kappa shape index (κ3) is 30.3. The van der Waals surface area contributed by atoms with Crippen LogP contribution >= 0.6 is 7.92 Å². The zero-order valence-electron chi connectivity index (χ0n) is 30.6. The van der Waals surface area contributed by atoms with Crippen LogP contribution in [0.3, 0.4) is 0 Å². The van der Waals surface area contributed by atoms with Gasteiger partial charge < -0.3 is 0 Å². The van der Waals surface area contributed by atoms with Crippen molar-refractivity contribution in [1.82, 2.24) is 0 Å². The second-order valence-corrected chi connectivity index (χ2v) is 16.9. The molecule has 0 unspecified atom stereocenters. The molecule has 0 nitrogen and oxygen atoms in total. The quantitative estimate of drug-likeness (QED) is 0.0512. The molecule has 0 heterocycles. The maximum Gasteiger partial charge on any atom is -0.00731 e. The molecule has 0 aliphatic heterocycles. The van der Waals surface area contributed by atoms with E-state index in [1.54, 1.807) is 5.56 Å². The fraction of sp³-hybridized carbons (Fsp3) is 0.860. The third-order valence-corrected chi connectivity index (χ3v) is 12.6. The van der Waals surface area contributed by atoms with E-state index in [4.69, 9.17) is 0 Å². The Kier molecular flexibility index (Phi) is 33.6. The molecule has 0 aliphatic carbocycles. The Bertz CT molecular complexity index is 604. The van der Waals surface area contributed by atoms with Crippen molar-refractivity contribution in [2.45, 2.75) is 225 Å². The molecule has 0 fully saturated rings. The fourth-order valence-electron chi connectivity index (χ4n) is 6.88. The summed E-state index contributed by atoms with van der Waals surface area (Å²) in [6.07, 6.45) is 51.4. The van der Waals surface area contributed by atoms with E-state index in [-0.39, 0.29) is 7.92 Å². The molecule has 0 N–H and O–H groups in total. The van der Waals surface area contributed by atoms with Crippen molar-refractivity contribution >= 4 is 7.92 Å². The summed E-state index contributed by atoms with van der Waals surface area (Å²) in [5.41, 5.74) is 1.59. The van der Waals surface area contributed by atoms with Crippen molar-refractivity contribution in [3.05, 3.63) is 35.9 Å². The van der Waals surface area contributed by atoms with Gasteiger partial charge in [0.2, 0.25) is 0 Å². The highest BCUT2D eigenvalue weighted by molar-refractivity contribution is 7.56. The average molecular weight is 629 g/mol. The van der Waals surface area contributed by atoms with Crippen molar-refractivity contribution < 1.29 is 0 Å². The van der Waals surface area contributed by atoms with E-state index in [1.165, 1.54) is 224 Å². The second-order valence-electron chi connectivity index (χ2n) is 14.4. The maximum absolute atomic E-state index is 2.37. The van der Waals surface area contributed by atoms with Crippen LogP contribution in [0.4, 0.5) is 0 Å². The van der Waals surface area contributed by atoms with Gasteiger partial charge in [-0.25, -0.2) is 0 Å². The molecule has 0 aromatic heterocycles. The summed E-state index contributed by atoms with van der Waals surface area (Å²) in [5.74, 6) is 0. The first kappa shape index (κ1) is 41.7. The first-order valence-corrected chi connectivity index (χ1v) is 22.5. The summed E-state index contributed by atoms with van der Waals surface area (Å²) in [7, 11) is 0.178. The zero-order chi connectivity index (χ0) is 31.4. The van der Waals surface area contributed by atoms with E-state index in [0.717, 1.165) is 0 Å². The van der Waals surface area contributed by atoms with Crippen LogP contribution in [-0.4, -0.2) is 12.3 Å². The average Bonchev–Trinajstić information content (AvgIpc) is 3.04. The predicted molar refractivity (Wildman–Crippen MR) is 206 cm³/mol. The van der Waals surface area contributed by atoms with Crippen LogP contribution in [0.15, 0.2) is 30.3 Å². The third-order valence-electron chi connectivity index (χ3n) is 9.90. The molecule has 0 saturated carbocycles. The van der Waals surface area contributed by atoms with Crippen LogP contribution in [0.2, 0.25) is 0 Å². The normalized spacial score (nSPS) is 11.6. The molecule has 0 spiro atoms. The van der Waals surface area contributed by atoms with Crippen molar-refractivity contribution in [2.24, 2.45) is 0 Å². The van der Waals surface area contributed by atoms with Gasteiger partial charge in [-0.1, -0.05) is 237 Å². The minimum atomic E-state index is 0.178. The molecule has 0 aliphatic rings. The number of hydrogen-bond acceptors (Lipinski definition) is 0. The molecule has 1 aromatic rings. The Morgan fingerprint density at radius 2 is 0.568 bits per heavy atom. The predicted octanol–water partition coefficient (Wildman–Crippen LogP) is 16.2. The lowest BCUT2D eigenvalue weighted by atomic mass is 10.0. The summed E-state index contributed by atoms with van der Waals surface area (Å²) in [5, 5.41) is 0. The smallest absolute Gasteiger partial charge is 0.00731 e. The highest BCUT2D eigenvalue weighted by Gasteiger charge is 2.09. The van der Waals surface area contributed by atoms with Crippen molar-refractivity contribution in [3.8, 4) is 0 Å². The largest absolute Gasteiger partial charge is 0.102 e. The molecule has 0 amide bonds. The zero-order valence-corrected chi connectivity index (χ0v) is 31.5. The molecule has 1 rings (SSSR count). The van der Waals surface area contributed by atoms with E-state index >= 15 is 0 Å². The van der Waals surface area contributed by atoms with Gasteiger partial charge in [0.25, 0.3) is 0 Å². The van der Waals surface area contributed by atoms with Gasteiger partial charge in [0.05, 0.1) is 0 Å². The summed E-state index contributed by atoms with van der Waals surface area (Å²) in [4.78, 5) is 0. The molecule has 0 atom stereocenters. The Labute approximate surface area is 280 Å². The highest BCUT2D eigenvalue weighted by Crippen LogP contribution is 2.42. The van der Waals surface area contributed by atoms with E-state index in [1.807, 2.05) is 0 Å². The highest BCUT2D eigenvalue weighted by atomic mass is 31.1. The fourth-order valence-corrected chi connectivity index (χ4v) is 9.49. The minimum Gasteiger partial charge on any atom is -0.102 e. The van der Waals surface area contributed by atoms with Gasteiger partial charge in [-0.3, -0.25) is 0 Å². The van der Waals surface area contributed by atoms with Crippen molar-refractivity contribution in [1.29, 1.82) is 0 Å². The van der Waals surface area contributed by atoms with E-state index in [0.29, 0.717) is 0 Å². The van der Waals surface area contributed by atoms with E-state index in [9.17, 15) is 0 Å². The van der Waals surface area contributed by atoms with Gasteiger partial charge >= 0.3 is 0 Å². The minimum absolute atomic E-state index is 0.178. The van der Waals surface area contributed by atoms with Crippen LogP contribution in [0.5, 0.6) is 0 Å². The van der Waals surface area contributed by atoms with Crippen LogP contribution in [0, 0.1) is 0 Å². The van der Waals surface area contributed by atoms with E-state index < -0.39 is 0 Å². The molecular formula is C43H81P. The number of unbranched alkanes of at least 4 members (excludes halogenated alkanes) is 30. The summed E-state index contributed by atoms with van der Waals surface area (Å²) < 4.78 is 0. The van der Waals surface area contributed by atoms with Gasteiger partial charge in [0, 0.05) is 0 Å². The molecule has 0 radical (unpaired) electrons. The number of rotatable bonds is 36. The summed E-state index contributed by atoms with van der Waals surface area (Å²) in [6.45, 7) is 4.62. The van der Waals surface area contributed by atoms with Crippen LogP contribution < -0.4 is 0 Å². The van der Waals surface area contributed by atoms with Gasteiger partial charge in [0.1, 0.15) is 0 Å². The number of benzene rings is 1. The first-order chi connectivity index (χ1) is 21.9. The van der Waals surface area contributed by atoms with Gasteiger partial charge in [-0.05, 0) is 36.9 Å². The van der Waals surface area contributed by atoms with Crippen LogP contribution in [0.1, 0.15) is 225 Å². The molecule has 1 aromatic carbocycles. The van der Waals surface area contributed by atoms with Gasteiger partial charge in [0.15, 0.2) is 0 Å². The molecule has 1 heteroatoms. The first-order valence-electron chi connectivity index (χ1n) is 20.6. The molecule has 44 heavy (non-hydrogen) atoms. The lowest BCUT2D eigenvalue weighted by Crippen LogP contribution is -1.96. The van der Waals surface area contributed by atoms with Gasteiger partial charge in [-0.2, -0.15) is 0 Å². The standard InChI is InChI=1S/C43H81P/c1-3-5-7-9-11-13-15-17-19-21-23-25-27-29-31-36-40-44(42-43-38-34-33-35-39-43)41-37-32-30-28-26-24-22-20-18-16-14-12-10-8-6-4-2/h33-35,38-39H,3-32,36-37,40-42H2,1-2H3. The van der Waals surface area contributed by atoms with E-state index in [2.05, 4.69) is 44.2 Å². The molecular weight excluding hydrogens is 547 g/mol. The summed E-state index contributed by atoms with van der Waals surface area (Å²) in [6, 6.07) is 11.4. The lowest BCUT2D eigenvalue weighted by Gasteiger charge is -2.18. The SMILES string of the molecule is CCCCCCCCCCCCCCCCCCP(CCCCCCCCCCCCCCCCCC)Cc1ccccc1. The Hall–Kier alpha value is -0.350. The Balaban J connectivity index is 1.98. The topological polar surface area (TPSA) is 0 Å². The van der Waals surface area contributed by atoms with Crippen molar-refractivity contribution in [2.75, 3.05) is 12.3 Å². The Morgan fingerprint density at radius 1 is 0.318 bits per heavy atom. The molecule has 258 valence electrons. The van der Waals surface area contributed by atoms with Crippen LogP contribution in [-0.2, 0) is 6.16 Å². The molecule has 0 saturated heterocycles.